The van der Waals surface area contributed by atoms with Crippen molar-refractivity contribution in [2.24, 2.45) is 34.0 Å². The molecule has 4 saturated carbocycles. The lowest BCUT2D eigenvalue weighted by Gasteiger charge is -2.63. The molecule has 0 aromatic carbocycles. The zero-order chi connectivity index (χ0) is 27.5. The number of ketones is 1. The highest BCUT2D eigenvalue weighted by atomic mass is 16.7. The van der Waals surface area contributed by atoms with E-state index in [-0.39, 0.29) is 12.8 Å². The van der Waals surface area contributed by atoms with Gasteiger partial charge in [-0.1, -0.05) is 20.8 Å². The normalized spacial score (nSPS) is 56.4. The lowest BCUT2D eigenvalue weighted by atomic mass is 9.45. The van der Waals surface area contributed by atoms with Crippen molar-refractivity contribution in [1.82, 2.24) is 0 Å². The summed E-state index contributed by atoms with van der Waals surface area (Å²) in [4.78, 5) is 40.2. The number of methoxy groups -OCH3 is 1. The van der Waals surface area contributed by atoms with Gasteiger partial charge >= 0.3 is 11.9 Å². The summed E-state index contributed by atoms with van der Waals surface area (Å²) >= 11 is 0. The first-order valence-electron chi connectivity index (χ1n) is 13.0. The second-order valence-corrected chi connectivity index (χ2v) is 13.1. The molecule has 2 aliphatic heterocycles. The molecule has 6 aliphatic rings. The van der Waals surface area contributed by atoms with E-state index in [4.69, 9.17) is 18.6 Å². The molecule has 4 N–H and O–H groups in total. The molecule has 1 spiro atoms. The van der Waals surface area contributed by atoms with Crippen LogP contribution < -0.4 is 0 Å². The van der Waals surface area contributed by atoms with Gasteiger partial charge in [0, 0.05) is 27.7 Å². The van der Waals surface area contributed by atoms with Gasteiger partial charge in [-0.15, -0.1) is 0 Å². The van der Waals surface area contributed by atoms with Crippen LogP contribution >= 0.6 is 0 Å². The fourth-order valence-corrected chi connectivity index (χ4v) is 10.9. The van der Waals surface area contributed by atoms with E-state index in [1.165, 1.54) is 19.5 Å². The Balaban J connectivity index is 1.52. The first-order valence-corrected chi connectivity index (χ1v) is 13.0. The molecule has 4 aliphatic carbocycles. The van der Waals surface area contributed by atoms with Crippen LogP contribution in [0.5, 0.6) is 0 Å². The van der Waals surface area contributed by atoms with Crippen molar-refractivity contribution in [2.75, 3.05) is 7.11 Å². The highest BCUT2D eigenvalue weighted by molar-refractivity contribution is 5.96. The third kappa shape index (κ3) is 2.04. The number of hydrogen-bond acceptors (Lipinski definition) is 11. The lowest BCUT2D eigenvalue weighted by molar-refractivity contribution is -0.324. The smallest absolute Gasteiger partial charge is 0.335 e. The number of carbonyl (C=O) groups is 3. The van der Waals surface area contributed by atoms with Crippen molar-refractivity contribution >= 4 is 17.7 Å². The standard InChI is InChI=1S/C27H32O11/c1-21-11-24(32)19-26(33)13(23(24,3)16(21)15(29)18(30)35-4)5-7-22(2)17(12-6-8-36-10-12)37-14(28)9-25(22,26)38-27(19,34)20(21)31/h6,8,10,13,15-17,19,29,32-34H,5,7,9,11H2,1-4H3/t13?,15?,16?,17?,19?,21-,22+,23-,24?,25-,26+,27-/m1/s1. The van der Waals surface area contributed by atoms with E-state index in [0.29, 0.717) is 12.0 Å². The second kappa shape index (κ2) is 6.52. The third-order valence-corrected chi connectivity index (χ3v) is 12.0. The molecule has 6 fully saturated rings. The van der Waals surface area contributed by atoms with Gasteiger partial charge in [-0.05, 0) is 31.2 Å². The summed E-state index contributed by atoms with van der Waals surface area (Å²) in [5, 5.41) is 49.0. The molecule has 1 aromatic rings. The minimum Gasteiger partial charge on any atom is -0.472 e. The zero-order valence-corrected chi connectivity index (χ0v) is 21.6. The maximum Gasteiger partial charge on any atom is 0.335 e. The first kappa shape index (κ1) is 24.7. The van der Waals surface area contributed by atoms with E-state index >= 15 is 0 Å². The Hall–Kier alpha value is -2.31. The van der Waals surface area contributed by atoms with Gasteiger partial charge in [0.25, 0.3) is 0 Å². The number of esters is 2. The molecule has 2 bridgehead atoms. The molecular formula is C27H32O11. The number of cyclic esters (lactones) is 1. The number of aliphatic hydroxyl groups is 4. The zero-order valence-electron chi connectivity index (χ0n) is 21.6. The highest BCUT2D eigenvalue weighted by Gasteiger charge is 2.99. The largest absolute Gasteiger partial charge is 0.472 e. The quantitative estimate of drug-likeness (QED) is 0.397. The van der Waals surface area contributed by atoms with Crippen LogP contribution in [0.15, 0.2) is 23.0 Å². The number of Topliss-reactive ketones (excluding diaryl/α,β-unsaturated/α-hetero) is 1. The van der Waals surface area contributed by atoms with Gasteiger partial charge in [-0.25, -0.2) is 4.79 Å². The number of ether oxygens (including phenoxy) is 3. The lowest BCUT2D eigenvalue weighted by Crippen LogP contribution is -2.72. The van der Waals surface area contributed by atoms with E-state index in [1.54, 1.807) is 19.9 Å². The molecule has 0 amide bonds. The van der Waals surface area contributed by atoms with E-state index in [0.717, 1.165) is 7.11 Å². The van der Waals surface area contributed by atoms with Crippen LogP contribution in [0.3, 0.4) is 0 Å². The number of hydrogen-bond donors (Lipinski definition) is 4. The summed E-state index contributed by atoms with van der Waals surface area (Å²) < 4.78 is 22.3. The molecule has 38 heavy (non-hydrogen) atoms. The molecule has 7 rings (SSSR count). The minimum atomic E-state index is -2.68. The maximum absolute atomic E-state index is 14.3. The van der Waals surface area contributed by atoms with Gasteiger partial charge in [0.15, 0.2) is 11.9 Å². The summed E-state index contributed by atoms with van der Waals surface area (Å²) in [6.45, 7) is 4.97. The van der Waals surface area contributed by atoms with E-state index in [9.17, 15) is 34.8 Å². The Labute approximate surface area is 218 Å². The van der Waals surface area contributed by atoms with Crippen LogP contribution in [-0.4, -0.2) is 74.0 Å². The topological polar surface area (TPSA) is 173 Å². The first-order chi connectivity index (χ1) is 17.6. The molecule has 2 saturated heterocycles. The molecule has 0 radical (unpaired) electrons. The second-order valence-electron chi connectivity index (χ2n) is 13.1. The van der Waals surface area contributed by atoms with Crippen LogP contribution in [0.2, 0.25) is 0 Å². The molecular weight excluding hydrogens is 500 g/mol. The van der Waals surface area contributed by atoms with Crippen molar-refractivity contribution in [3.05, 3.63) is 24.2 Å². The minimum absolute atomic E-state index is 0.203. The van der Waals surface area contributed by atoms with Gasteiger partial charge < -0.3 is 39.1 Å². The molecule has 3 heterocycles. The molecule has 1 aromatic heterocycles. The van der Waals surface area contributed by atoms with Gasteiger partial charge in [-0.2, -0.15) is 0 Å². The SMILES string of the molecule is COC(=O)C(O)C1[C@@]2(C)C3CC[C@@]4(C)C(c5ccoc5)OC(=O)C[C@@]45O[C@@]4(O)C(=O)[C@]1(C)CC2(O)C4[C@@]35O. The summed E-state index contributed by atoms with van der Waals surface area (Å²) in [7, 11) is 1.11. The monoisotopic (exact) mass is 532 g/mol. The van der Waals surface area contributed by atoms with Crippen LogP contribution in [0.25, 0.3) is 0 Å². The van der Waals surface area contributed by atoms with Gasteiger partial charge in [-0.3, -0.25) is 9.59 Å². The number of rotatable bonds is 3. The van der Waals surface area contributed by atoms with Gasteiger partial charge in [0.05, 0.1) is 37.6 Å². The number of fused-ring (bicyclic) bond motifs is 2. The number of furan rings is 1. The van der Waals surface area contributed by atoms with Crippen molar-refractivity contribution in [1.29, 1.82) is 0 Å². The molecule has 12 atom stereocenters. The molecule has 206 valence electrons. The highest BCUT2D eigenvalue weighted by Crippen LogP contribution is 2.86. The average molecular weight is 533 g/mol. The van der Waals surface area contributed by atoms with Crippen LogP contribution in [0.4, 0.5) is 0 Å². The summed E-state index contributed by atoms with van der Waals surface area (Å²) in [5.74, 6) is -8.75. The Morgan fingerprint density at radius 1 is 1.18 bits per heavy atom. The maximum atomic E-state index is 14.3. The van der Waals surface area contributed by atoms with Crippen LogP contribution in [0.1, 0.15) is 58.1 Å². The summed E-state index contributed by atoms with van der Waals surface area (Å²) in [6, 6.07) is 1.65. The Bertz CT molecular complexity index is 1290. The van der Waals surface area contributed by atoms with E-state index in [1.807, 2.05) is 0 Å². The Kier molecular flexibility index (Phi) is 4.24. The summed E-state index contributed by atoms with van der Waals surface area (Å²) in [5.41, 5.74) is -9.42. The van der Waals surface area contributed by atoms with Crippen molar-refractivity contribution < 1.29 is 53.4 Å². The fourth-order valence-electron chi connectivity index (χ4n) is 10.9. The van der Waals surface area contributed by atoms with Crippen LogP contribution in [-0.2, 0) is 28.6 Å². The van der Waals surface area contributed by atoms with Crippen molar-refractivity contribution in [3.8, 4) is 0 Å². The molecule has 11 nitrogen and oxygen atoms in total. The van der Waals surface area contributed by atoms with Crippen molar-refractivity contribution in [3.63, 3.8) is 0 Å². The average Bonchev–Trinajstić information content (AvgIpc) is 3.51. The Morgan fingerprint density at radius 3 is 2.53 bits per heavy atom. The van der Waals surface area contributed by atoms with E-state index in [2.05, 4.69) is 0 Å². The van der Waals surface area contributed by atoms with E-state index < -0.39 is 92.9 Å². The van der Waals surface area contributed by atoms with Gasteiger partial charge in [0.1, 0.15) is 17.3 Å². The van der Waals surface area contributed by atoms with Crippen LogP contribution in [0, 0.1) is 34.0 Å². The predicted molar refractivity (Wildman–Crippen MR) is 122 cm³/mol. The number of carbonyl (C=O) groups excluding carboxylic acids is 3. The third-order valence-electron chi connectivity index (χ3n) is 12.0. The van der Waals surface area contributed by atoms with Gasteiger partial charge in [0.2, 0.25) is 5.79 Å². The Morgan fingerprint density at radius 2 is 1.89 bits per heavy atom. The number of aliphatic hydroxyl groups excluding tert-OH is 1. The fraction of sp³-hybridized carbons (Fsp3) is 0.741. The van der Waals surface area contributed by atoms with Crippen molar-refractivity contribution in [2.45, 2.75) is 81.3 Å². The molecule has 11 heteroatoms. The molecule has 6 unspecified atom stereocenters. The summed E-state index contributed by atoms with van der Waals surface area (Å²) in [6.07, 6.45) is 0.0892. The predicted octanol–water partition coefficient (Wildman–Crippen LogP) is 0.383.